The molecule has 0 spiro atoms. The molecule has 3 N–H and O–H groups in total. The van der Waals surface area contributed by atoms with Crippen molar-refractivity contribution in [1.82, 2.24) is 10.3 Å². The highest BCUT2D eigenvalue weighted by Gasteiger charge is 2.12. The summed E-state index contributed by atoms with van der Waals surface area (Å²) in [6, 6.07) is 2.00. The molecule has 2 rings (SSSR count). The minimum Gasteiger partial charge on any atom is -0.397 e. The summed E-state index contributed by atoms with van der Waals surface area (Å²) in [6.45, 7) is 2.38. The minimum absolute atomic E-state index is 0.800. The lowest BCUT2D eigenvalue weighted by Gasteiger charge is -2.22. The Balaban J connectivity index is 1.73. The second kappa shape index (κ2) is 6.11. The van der Waals surface area contributed by atoms with Crippen LogP contribution < -0.4 is 11.1 Å². The second-order valence-corrected chi connectivity index (χ2v) is 5.40. The molecule has 0 aromatic carbocycles. The number of anilines is 1. The van der Waals surface area contributed by atoms with E-state index in [2.05, 4.69) is 10.3 Å². The van der Waals surface area contributed by atoms with Gasteiger partial charge >= 0.3 is 0 Å². The van der Waals surface area contributed by atoms with Crippen LogP contribution in [0.4, 0.5) is 5.69 Å². The number of hydrogen-bond acceptors (Lipinski definition) is 4. The average molecular weight is 237 g/mol. The fraction of sp³-hybridized carbons (Fsp3) is 0.583. The number of aromatic nitrogens is 1. The molecule has 88 valence electrons. The first-order chi connectivity index (χ1) is 7.86. The van der Waals surface area contributed by atoms with E-state index < -0.39 is 0 Å². The van der Waals surface area contributed by atoms with Crippen molar-refractivity contribution in [3.63, 3.8) is 0 Å². The summed E-state index contributed by atoms with van der Waals surface area (Å²) in [5, 5.41) is 3.45. The zero-order chi connectivity index (χ0) is 11.2. The first-order valence-electron chi connectivity index (χ1n) is 5.89. The van der Waals surface area contributed by atoms with Crippen molar-refractivity contribution in [3.8, 4) is 0 Å². The van der Waals surface area contributed by atoms with Crippen molar-refractivity contribution in [3.05, 3.63) is 18.5 Å². The highest BCUT2D eigenvalue weighted by atomic mass is 32.2. The Hall–Kier alpha value is -0.740. The van der Waals surface area contributed by atoms with Crippen molar-refractivity contribution in [2.75, 3.05) is 24.6 Å². The van der Waals surface area contributed by atoms with Crippen LogP contribution >= 0.6 is 11.8 Å². The molecule has 1 fully saturated rings. The fourth-order valence-corrected chi connectivity index (χ4v) is 3.08. The molecule has 0 saturated carbocycles. The monoisotopic (exact) mass is 237 g/mol. The summed E-state index contributed by atoms with van der Waals surface area (Å²) >= 11 is 1.85. The topological polar surface area (TPSA) is 50.9 Å². The largest absolute Gasteiger partial charge is 0.397 e. The number of nitrogen functional groups attached to an aromatic ring is 1. The Morgan fingerprint density at radius 1 is 1.56 bits per heavy atom. The van der Waals surface area contributed by atoms with E-state index in [9.17, 15) is 0 Å². The zero-order valence-corrected chi connectivity index (χ0v) is 10.3. The van der Waals surface area contributed by atoms with E-state index in [1.54, 1.807) is 12.4 Å². The van der Waals surface area contributed by atoms with Crippen LogP contribution in [-0.2, 0) is 0 Å². The van der Waals surface area contributed by atoms with Crippen molar-refractivity contribution in [2.45, 2.75) is 24.2 Å². The van der Waals surface area contributed by atoms with E-state index in [1.807, 2.05) is 17.8 Å². The van der Waals surface area contributed by atoms with E-state index in [-0.39, 0.29) is 0 Å². The summed E-state index contributed by atoms with van der Waals surface area (Å²) in [5.74, 6) is 2.00. The molecule has 16 heavy (non-hydrogen) atoms. The van der Waals surface area contributed by atoms with Gasteiger partial charge in [0.15, 0.2) is 0 Å². The highest BCUT2D eigenvalue weighted by Crippen LogP contribution is 2.26. The maximum Gasteiger partial charge on any atom is 0.0638 e. The van der Waals surface area contributed by atoms with Crippen molar-refractivity contribution in [1.29, 1.82) is 0 Å². The molecule has 2 heterocycles. The Morgan fingerprint density at radius 3 is 3.25 bits per heavy atom. The Morgan fingerprint density at radius 2 is 2.50 bits per heavy atom. The summed E-state index contributed by atoms with van der Waals surface area (Å²) in [5.41, 5.74) is 6.64. The van der Waals surface area contributed by atoms with Crippen LogP contribution in [0.25, 0.3) is 0 Å². The van der Waals surface area contributed by atoms with E-state index in [1.165, 1.54) is 37.2 Å². The van der Waals surface area contributed by atoms with Crippen LogP contribution in [0.5, 0.6) is 0 Å². The van der Waals surface area contributed by atoms with Crippen LogP contribution in [0.1, 0.15) is 19.3 Å². The third-order valence-corrected chi connectivity index (χ3v) is 4.12. The van der Waals surface area contributed by atoms with Gasteiger partial charge in [-0.3, -0.25) is 4.98 Å². The van der Waals surface area contributed by atoms with Gasteiger partial charge in [-0.25, -0.2) is 0 Å². The van der Waals surface area contributed by atoms with Gasteiger partial charge < -0.3 is 11.1 Å². The maximum atomic E-state index is 5.84. The number of thioether (sulfide) groups is 1. The van der Waals surface area contributed by atoms with E-state index >= 15 is 0 Å². The molecular weight excluding hydrogens is 218 g/mol. The van der Waals surface area contributed by atoms with E-state index in [0.717, 1.165) is 17.4 Å². The molecule has 1 atom stereocenters. The lowest BCUT2D eigenvalue weighted by Crippen LogP contribution is -2.29. The number of piperidine rings is 1. The summed E-state index contributed by atoms with van der Waals surface area (Å²) < 4.78 is 0. The van der Waals surface area contributed by atoms with Crippen LogP contribution in [0.3, 0.4) is 0 Å². The SMILES string of the molecule is Nc1cnccc1SCCC1CCCNC1. The molecule has 0 bridgehead atoms. The predicted octanol–water partition coefficient (Wildman–Crippen LogP) is 2.15. The Bertz CT molecular complexity index is 324. The Labute approximate surface area is 101 Å². The third kappa shape index (κ3) is 3.39. The fourth-order valence-electron chi connectivity index (χ4n) is 2.03. The van der Waals surface area contributed by atoms with Crippen LogP contribution in [0.15, 0.2) is 23.4 Å². The van der Waals surface area contributed by atoms with Gasteiger partial charge in [0.2, 0.25) is 0 Å². The molecule has 0 radical (unpaired) electrons. The smallest absolute Gasteiger partial charge is 0.0638 e. The summed E-state index contributed by atoms with van der Waals surface area (Å²) in [4.78, 5) is 5.16. The normalized spacial score (nSPS) is 20.9. The molecule has 1 unspecified atom stereocenters. The number of nitrogens with one attached hydrogen (secondary N) is 1. The third-order valence-electron chi connectivity index (χ3n) is 2.99. The van der Waals surface area contributed by atoms with E-state index in [4.69, 9.17) is 5.73 Å². The predicted molar refractivity (Wildman–Crippen MR) is 69.6 cm³/mol. The second-order valence-electron chi connectivity index (χ2n) is 4.26. The maximum absolute atomic E-state index is 5.84. The van der Waals surface area contributed by atoms with Gasteiger partial charge in [-0.2, -0.15) is 0 Å². The van der Waals surface area contributed by atoms with Gasteiger partial charge in [0, 0.05) is 11.1 Å². The number of nitrogens with zero attached hydrogens (tertiary/aromatic N) is 1. The lowest BCUT2D eigenvalue weighted by molar-refractivity contribution is 0.371. The summed E-state index contributed by atoms with van der Waals surface area (Å²) in [6.07, 6.45) is 7.51. The van der Waals surface area contributed by atoms with Gasteiger partial charge in [0.05, 0.1) is 11.9 Å². The molecule has 0 aliphatic carbocycles. The lowest BCUT2D eigenvalue weighted by atomic mass is 9.97. The molecule has 1 aromatic heterocycles. The standard InChI is InChI=1S/C12H19N3S/c13-11-9-15-6-3-12(11)16-7-4-10-2-1-5-14-8-10/h3,6,9-10,14H,1-2,4-5,7-8,13H2. The molecule has 1 saturated heterocycles. The molecular formula is C12H19N3S. The van der Waals surface area contributed by atoms with Gasteiger partial charge in [0.1, 0.15) is 0 Å². The summed E-state index contributed by atoms with van der Waals surface area (Å²) in [7, 11) is 0. The quantitative estimate of drug-likeness (QED) is 0.788. The van der Waals surface area contributed by atoms with Gasteiger partial charge in [0.25, 0.3) is 0 Å². The molecule has 4 heteroatoms. The molecule has 1 aromatic rings. The van der Waals surface area contributed by atoms with Crippen LogP contribution in [0, 0.1) is 5.92 Å². The Kier molecular flexibility index (Phi) is 4.48. The minimum atomic E-state index is 0.800. The first-order valence-corrected chi connectivity index (χ1v) is 6.88. The van der Waals surface area contributed by atoms with Gasteiger partial charge in [-0.05, 0) is 50.1 Å². The number of rotatable bonds is 4. The van der Waals surface area contributed by atoms with Crippen molar-refractivity contribution in [2.24, 2.45) is 5.92 Å². The molecule has 0 amide bonds. The van der Waals surface area contributed by atoms with Crippen LogP contribution in [-0.4, -0.2) is 23.8 Å². The first kappa shape index (κ1) is 11.7. The van der Waals surface area contributed by atoms with E-state index in [0.29, 0.717) is 0 Å². The van der Waals surface area contributed by atoms with Crippen LogP contribution in [0.2, 0.25) is 0 Å². The number of nitrogens with two attached hydrogens (primary N) is 1. The number of hydrogen-bond donors (Lipinski definition) is 2. The average Bonchev–Trinajstić information content (AvgIpc) is 2.33. The van der Waals surface area contributed by atoms with Crippen molar-refractivity contribution < 1.29 is 0 Å². The number of pyridine rings is 1. The van der Waals surface area contributed by atoms with Gasteiger partial charge in [-0.15, -0.1) is 11.8 Å². The molecule has 1 aliphatic heterocycles. The zero-order valence-electron chi connectivity index (χ0n) is 9.48. The molecule has 3 nitrogen and oxygen atoms in total. The van der Waals surface area contributed by atoms with Gasteiger partial charge in [-0.1, -0.05) is 0 Å². The highest BCUT2D eigenvalue weighted by molar-refractivity contribution is 7.99. The van der Waals surface area contributed by atoms with Crippen molar-refractivity contribution >= 4 is 17.4 Å². The molecule has 1 aliphatic rings.